The van der Waals surface area contributed by atoms with Gasteiger partial charge in [-0.05, 0) is 39.3 Å². The second-order valence-electron chi connectivity index (χ2n) is 6.06. The van der Waals surface area contributed by atoms with E-state index in [9.17, 15) is 9.59 Å². The third kappa shape index (κ3) is 3.42. The van der Waals surface area contributed by atoms with E-state index < -0.39 is 11.9 Å². The van der Waals surface area contributed by atoms with Crippen molar-refractivity contribution < 1.29 is 14.7 Å². The molecule has 2 amide bonds. The number of hydrogen-bond acceptors (Lipinski definition) is 3. The molecule has 0 spiro atoms. The molecule has 2 saturated heterocycles. The van der Waals surface area contributed by atoms with Gasteiger partial charge in [0, 0.05) is 32.7 Å². The lowest BCUT2D eigenvalue weighted by molar-refractivity contribution is -0.143. The minimum atomic E-state index is -0.791. The second kappa shape index (κ2) is 6.43. The summed E-state index contributed by atoms with van der Waals surface area (Å²) in [5, 5.41) is 9.08. The summed E-state index contributed by atoms with van der Waals surface area (Å²) < 4.78 is 0. The number of rotatable bonds is 3. The number of carbonyl (C=O) groups is 2. The molecule has 0 aromatic carbocycles. The number of amides is 2. The van der Waals surface area contributed by atoms with Crippen LogP contribution < -0.4 is 0 Å². The molecule has 0 bridgehead atoms. The molecule has 6 heteroatoms. The van der Waals surface area contributed by atoms with Crippen molar-refractivity contribution in [3.05, 3.63) is 0 Å². The van der Waals surface area contributed by atoms with Crippen LogP contribution in [0.1, 0.15) is 25.7 Å². The summed E-state index contributed by atoms with van der Waals surface area (Å²) in [6.07, 6.45) is 3.77. The standard InChI is InChI=1S/C14H25N3O3/c1-15-7-4-6-12(15)10-16(2)14(20)17-8-3-5-11(9-17)13(18)19/h11-12H,3-10H2,1-2H3,(H,18,19). The second-order valence-corrected chi connectivity index (χ2v) is 6.06. The molecule has 0 aliphatic carbocycles. The summed E-state index contributed by atoms with van der Waals surface area (Å²) in [6, 6.07) is 0.403. The Bertz CT molecular complexity index is 375. The molecule has 2 aliphatic rings. The highest BCUT2D eigenvalue weighted by Crippen LogP contribution is 2.19. The van der Waals surface area contributed by atoms with Crippen LogP contribution in [-0.2, 0) is 4.79 Å². The van der Waals surface area contributed by atoms with E-state index in [0.29, 0.717) is 25.6 Å². The van der Waals surface area contributed by atoms with Crippen LogP contribution in [0, 0.1) is 5.92 Å². The summed E-state index contributed by atoms with van der Waals surface area (Å²) in [4.78, 5) is 29.2. The number of piperidine rings is 1. The summed E-state index contributed by atoms with van der Waals surface area (Å²) in [7, 11) is 3.91. The van der Waals surface area contributed by atoms with Gasteiger partial charge < -0.3 is 19.8 Å². The van der Waals surface area contributed by atoms with E-state index in [4.69, 9.17) is 5.11 Å². The molecule has 0 aromatic rings. The monoisotopic (exact) mass is 283 g/mol. The number of urea groups is 1. The lowest BCUT2D eigenvalue weighted by atomic mass is 9.98. The average Bonchev–Trinajstić information content (AvgIpc) is 2.83. The topological polar surface area (TPSA) is 64.1 Å². The van der Waals surface area contributed by atoms with Crippen LogP contribution in [0.5, 0.6) is 0 Å². The fraction of sp³-hybridized carbons (Fsp3) is 0.857. The summed E-state index contributed by atoms with van der Waals surface area (Å²) >= 11 is 0. The van der Waals surface area contributed by atoms with E-state index in [1.165, 1.54) is 6.42 Å². The number of carboxylic acids is 1. The smallest absolute Gasteiger partial charge is 0.319 e. The molecule has 0 aromatic heterocycles. The molecule has 2 unspecified atom stereocenters. The van der Waals surface area contributed by atoms with Gasteiger partial charge in [0.1, 0.15) is 0 Å². The summed E-state index contributed by atoms with van der Waals surface area (Å²) in [5.41, 5.74) is 0. The summed E-state index contributed by atoms with van der Waals surface area (Å²) in [5.74, 6) is -1.20. The van der Waals surface area contributed by atoms with E-state index in [0.717, 1.165) is 25.9 Å². The molecular formula is C14H25N3O3. The first-order valence-electron chi connectivity index (χ1n) is 7.42. The molecule has 2 rings (SSSR count). The van der Waals surface area contributed by atoms with Crippen molar-refractivity contribution in [2.45, 2.75) is 31.7 Å². The van der Waals surface area contributed by atoms with Crippen molar-refractivity contribution in [1.29, 1.82) is 0 Å². The fourth-order valence-electron chi connectivity index (χ4n) is 3.20. The Morgan fingerprint density at radius 3 is 2.55 bits per heavy atom. The minimum Gasteiger partial charge on any atom is -0.481 e. The molecule has 0 radical (unpaired) electrons. The van der Waals surface area contributed by atoms with Gasteiger partial charge in [-0.25, -0.2) is 4.79 Å². The Morgan fingerprint density at radius 2 is 1.95 bits per heavy atom. The molecule has 6 nitrogen and oxygen atoms in total. The molecule has 114 valence electrons. The van der Waals surface area contributed by atoms with E-state index >= 15 is 0 Å². The first-order valence-corrected chi connectivity index (χ1v) is 7.42. The van der Waals surface area contributed by atoms with Gasteiger partial charge in [0.25, 0.3) is 0 Å². The van der Waals surface area contributed by atoms with Gasteiger partial charge in [-0.15, -0.1) is 0 Å². The van der Waals surface area contributed by atoms with Gasteiger partial charge in [-0.3, -0.25) is 4.79 Å². The van der Waals surface area contributed by atoms with Gasteiger partial charge >= 0.3 is 12.0 Å². The van der Waals surface area contributed by atoms with E-state index in [-0.39, 0.29) is 6.03 Å². The largest absolute Gasteiger partial charge is 0.481 e. The van der Waals surface area contributed by atoms with Crippen LogP contribution in [0.15, 0.2) is 0 Å². The zero-order valence-corrected chi connectivity index (χ0v) is 12.4. The highest BCUT2D eigenvalue weighted by Gasteiger charge is 2.31. The Morgan fingerprint density at radius 1 is 1.25 bits per heavy atom. The van der Waals surface area contributed by atoms with Crippen LogP contribution in [0.25, 0.3) is 0 Å². The number of carboxylic acid groups (broad SMARTS) is 1. The predicted octanol–water partition coefficient (Wildman–Crippen LogP) is 0.929. The van der Waals surface area contributed by atoms with Gasteiger partial charge in [0.15, 0.2) is 0 Å². The Kier molecular flexibility index (Phi) is 4.86. The molecule has 2 heterocycles. The Hall–Kier alpha value is -1.30. The number of hydrogen-bond donors (Lipinski definition) is 1. The van der Waals surface area contributed by atoms with Crippen molar-refractivity contribution in [3.63, 3.8) is 0 Å². The predicted molar refractivity (Wildman–Crippen MR) is 75.6 cm³/mol. The average molecular weight is 283 g/mol. The van der Waals surface area contributed by atoms with Crippen LogP contribution in [-0.4, -0.2) is 78.1 Å². The Balaban J connectivity index is 1.87. The number of likely N-dealkylation sites (tertiary alicyclic amines) is 2. The summed E-state index contributed by atoms with van der Waals surface area (Å²) in [6.45, 7) is 2.84. The lowest BCUT2D eigenvalue weighted by Crippen LogP contribution is -2.50. The van der Waals surface area contributed by atoms with E-state index in [1.54, 1.807) is 9.80 Å². The maximum atomic E-state index is 12.4. The SMILES string of the molecule is CN(CC1CCCN1C)C(=O)N1CCCC(C(=O)O)C1. The highest BCUT2D eigenvalue weighted by molar-refractivity contribution is 5.76. The molecular weight excluding hydrogens is 258 g/mol. The first-order chi connectivity index (χ1) is 9.49. The highest BCUT2D eigenvalue weighted by atomic mass is 16.4. The third-order valence-electron chi connectivity index (χ3n) is 4.52. The lowest BCUT2D eigenvalue weighted by Gasteiger charge is -2.35. The van der Waals surface area contributed by atoms with Crippen LogP contribution in [0.4, 0.5) is 4.79 Å². The molecule has 1 N–H and O–H groups in total. The van der Waals surface area contributed by atoms with E-state index in [2.05, 4.69) is 11.9 Å². The number of aliphatic carboxylic acids is 1. The van der Waals surface area contributed by atoms with Gasteiger partial charge in [-0.2, -0.15) is 0 Å². The maximum absolute atomic E-state index is 12.4. The minimum absolute atomic E-state index is 0.0312. The molecule has 0 saturated carbocycles. The normalized spacial score (nSPS) is 27.6. The quantitative estimate of drug-likeness (QED) is 0.837. The van der Waals surface area contributed by atoms with Crippen LogP contribution in [0.3, 0.4) is 0 Å². The van der Waals surface area contributed by atoms with Crippen molar-refractivity contribution in [3.8, 4) is 0 Å². The van der Waals surface area contributed by atoms with Crippen LogP contribution >= 0.6 is 0 Å². The zero-order valence-electron chi connectivity index (χ0n) is 12.4. The number of nitrogens with zero attached hydrogens (tertiary/aromatic N) is 3. The fourth-order valence-corrected chi connectivity index (χ4v) is 3.20. The first kappa shape index (κ1) is 15.1. The van der Waals surface area contributed by atoms with Gasteiger partial charge in [0.05, 0.1) is 5.92 Å². The molecule has 20 heavy (non-hydrogen) atoms. The number of likely N-dealkylation sites (N-methyl/N-ethyl adjacent to an activating group) is 2. The number of carbonyl (C=O) groups excluding carboxylic acids is 1. The van der Waals surface area contributed by atoms with Gasteiger partial charge in [0.2, 0.25) is 0 Å². The van der Waals surface area contributed by atoms with E-state index in [1.807, 2.05) is 7.05 Å². The van der Waals surface area contributed by atoms with Crippen molar-refractivity contribution >= 4 is 12.0 Å². The van der Waals surface area contributed by atoms with Crippen molar-refractivity contribution in [2.75, 3.05) is 40.3 Å². The zero-order chi connectivity index (χ0) is 14.7. The Labute approximate surface area is 120 Å². The van der Waals surface area contributed by atoms with Crippen molar-refractivity contribution in [1.82, 2.24) is 14.7 Å². The molecule has 2 fully saturated rings. The van der Waals surface area contributed by atoms with Crippen LogP contribution in [0.2, 0.25) is 0 Å². The third-order valence-corrected chi connectivity index (χ3v) is 4.52. The maximum Gasteiger partial charge on any atom is 0.319 e. The molecule has 2 atom stereocenters. The van der Waals surface area contributed by atoms with Gasteiger partial charge in [-0.1, -0.05) is 0 Å². The molecule has 2 aliphatic heterocycles. The van der Waals surface area contributed by atoms with Crippen molar-refractivity contribution in [2.24, 2.45) is 5.92 Å².